The number of carbonyl (C=O) groups excluding carboxylic acids is 1. The fourth-order valence-corrected chi connectivity index (χ4v) is 2.88. The number of piperidine rings is 1. The molecule has 1 saturated heterocycles. The van der Waals surface area contributed by atoms with Gasteiger partial charge in [0.05, 0.1) is 5.92 Å². The third-order valence-electron chi connectivity index (χ3n) is 3.91. The highest BCUT2D eigenvalue weighted by Gasteiger charge is 2.33. The second-order valence-corrected chi connectivity index (χ2v) is 5.41. The maximum atomic E-state index is 12.6. The minimum absolute atomic E-state index is 0.0230. The van der Waals surface area contributed by atoms with E-state index in [2.05, 4.69) is 49.2 Å². The molecular weight excluding hydrogens is 234 g/mol. The Bertz CT molecular complexity index is 478. The van der Waals surface area contributed by atoms with E-state index in [0.717, 1.165) is 25.1 Å². The third kappa shape index (κ3) is 3.06. The van der Waals surface area contributed by atoms with Crippen LogP contribution in [0.2, 0.25) is 0 Å². The van der Waals surface area contributed by atoms with Crippen molar-refractivity contribution in [2.45, 2.75) is 33.1 Å². The number of hydrogen-bond donors (Lipinski definition) is 0. The maximum absolute atomic E-state index is 12.6. The molecule has 1 aromatic carbocycles. The van der Waals surface area contributed by atoms with Gasteiger partial charge in [-0.25, -0.2) is 0 Å². The van der Waals surface area contributed by atoms with Crippen molar-refractivity contribution < 1.29 is 4.79 Å². The topological polar surface area (TPSA) is 20.3 Å². The first-order valence-electron chi connectivity index (χ1n) is 7.12. The van der Waals surface area contributed by atoms with Gasteiger partial charge in [0.25, 0.3) is 0 Å². The number of carbonyl (C=O) groups is 1. The number of aryl methyl sites for hydroxylation is 1. The van der Waals surface area contributed by atoms with Crippen LogP contribution in [0.1, 0.15) is 37.3 Å². The Morgan fingerprint density at radius 2 is 2.16 bits per heavy atom. The van der Waals surface area contributed by atoms with Gasteiger partial charge in [0.15, 0.2) is 0 Å². The van der Waals surface area contributed by atoms with Crippen molar-refractivity contribution in [3.63, 3.8) is 0 Å². The van der Waals surface area contributed by atoms with E-state index >= 15 is 0 Å². The zero-order chi connectivity index (χ0) is 13.8. The SMILES string of the molecule is CC=CN1CC(CC)C(=O)C(c2cccc(C)c2)C1. The molecular formula is C17H23NO. The molecule has 0 aromatic heterocycles. The van der Waals surface area contributed by atoms with Gasteiger partial charge >= 0.3 is 0 Å². The molecule has 1 aromatic rings. The Kier molecular flexibility index (Phi) is 4.41. The molecule has 1 aliphatic rings. The Morgan fingerprint density at radius 3 is 2.79 bits per heavy atom. The zero-order valence-electron chi connectivity index (χ0n) is 12.1. The molecule has 0 aliphatic carbocycles. The number of rotatable bonds is 3. The van der Waals surface area contributed by atoms with Crippen molar-refractivity contribution >= 4 is 5.78 Å². The van der Waals surface area contributed by atoms with E-state index < -0.39 is 0 Å². The highest BCUT2D eigenvalue weighted by Crippen LogP contribution is 2.29. The van der Waals surface area contributed by atoms with E-state index in [1.165, 1.54) is 5.56 Å². The summed E-state index contributed by atoms with van der Waals surface area (Å²) in [5.74, 6) is 0.596. The van der Waals surface area contributed by atoms with Gasteiger partial charge in [-0.2, -0.15) is 0 Å². The number of benzene rings is 1. The number of Topliss-reactive ketones (excluding diaryl/α,β-unsaturated/α-hetero) is 1. The van der Waals surface area contributed by atoms with Crippen LogP contribution in [0.4, 0.5) is 0 Å². The lowest BCUT2D eigenvalue weighted by Crippen LogP contribution is -2.43. The number of nitrogens with zero attached hydrogens (tertiary/aromatic N) is 1. The van der Waals surface area contributed by atoms with E-state index in [1.807, 2.05) is 13.0 Å². The van der Waals surface area contributed by atoms with E-state index in [-0.39, 0.29) is 11.8 Å². The molecule has 2 unspecified atom stereocenters. The molecule has 1 fully saturated rings. The Hall–Kier alpha value is -1.57. The molecule has 0 spiro atoms. The number of likely N-dealkylation sites (tertiary alicyclic amines) is 1. The average Bonchev–Trinajstić information content (AvgIpc) is 2.41. The van der Waals surface area contributed by atoms with E-state index in [9.17, 15) is 4.79 Å². The van der Waals surface area contributed by atoms with Gasteiger partial charge in [-0.15, -0.1) is 0 Å². The highest BCUT2D eigenvalue weighted by atomic mass is 16.1. The molecule has 2 nitrogen and oxygen atoms in total. The molecule has 0 bridgehead atoms. The van der Waals surface area contributed by atoms with E-state index in [0.29, 0.717) is 5.78 Å². The highest BCUT2D eigenvalue weighted by molar-refractivity contribution is 5.89. The van der Waals surface area contributed by atoms with Crippen molar-refractivity contribution in [1.29, 1.82) is 0 Å². The number of hydrogen-bond acceptors (Lipinski definition) is 2. The Morgan fingerprint density at radius 1 is 1.37 bits per heavy atom. The first-order chi connectivity index (χ1) is 9.15. The molecule has 2 heteroatoms. The van der Waals surface area contributed by atoms with Crippen molar-refractivity contribution in [3.05, 3.63) is 47.7 Å². The normalized spacial score (nSPS) is 24.2. The monoisotopic (exact) mass is 257 g/mol. The minimum atomic E-state index is 0.0230. The lowest BCUT2D eigenvalue weighted by molar-refractivity contribution is -0.127. The summed E-state index contributed by atoms with van der Waals surface area (Å²) in [5.41, 5.74) is 2.39. The summed E-state index contributed by atoms with van der Waals surface area (Å²) in [4.78, 5) is 14.8. The van der Waals surface area contributed by atoms with Gasteiger partial charge in [-0.05, 0) is 32.0 Å². The molecule has 0 radical (unpaired) electrons. The zero-order valence-corrected chi connectivity index (χ0v) is 12.1. The van der Waals surface area contributed by atoms with Crippen LogP contribution in [-0.4, -0.2) is 23.8 Å². The van der Waals surface area contributed by atoms with Crippen LogP contribution in [0.15, 0.2) is 36.5 Å². The molecule has 102 valence electrons. The first kappa shape index (κ1) is 13.9. The molecule has 0 N–H and O–H groups in total. The van der Waals surface area contributed by atoms with Gasteiger partial charge in [-0.3, -0.25) is 4.79 Å². The van der Waals surface area contributed by atoms with Crippen LogP contribution < -0.4 is 0 Å². The van der Waals surface area contributed by atoms with Crippen LogP contribution in [0, 0.1) is 12.8 Å². The molecule has 1 aliphatic heterocycles. The van der Waals surface area contributed by atoms with Gasteiger partial charge in [0, 0.05) is 19.0 Å². The van der Waals surface area contributed by atoms with E-state index in [1.54, 1.807) is 0 Å². The largest absolute Gasteiger partial charge is 0.376 e. The van der Waals surface area contributed by atoms with Crippen LogP contribution in [0.3, 0.4) is 0 Å². The molecule has 0 saturated carbocycles. The smallest absolute Gasteiger partial charge is 0.146 e. The van der Waals surface area contributed by atoms with Crippen LogP contribution in [0.25, 0.3) is 0 Å². The number of allylic oxidation sites excluding steroid dienone is 1. The van der Waals surface area contributed by atoms with E-state index in [4.69, 9.17) is 0 Å². The summed E-state index contributed by atoms with van der Waals surface area (Å²) in [6.07, 6.45) is 5.09. The molecule has 2 rings (SSSR count). The number of ketones is 1. The summed E-state index contributed by atoms with van der Waals surface area (Å²) < 4.78 is 0. The van der Waals surface area contributed by atoms with Gasteiger partial charge in [-0.1, -0.05) is 42.8 Å². The fraction of sp³-hybridized carbons (Fsp3) is 0.471. The first-order valence-corrected chi connectivity index (χ1v) is 7.12. The van der Waals surface area contributed by atoms with Crippen LogP contribution in [0.5, 0.6) is 0 Å². The van der Waals surface area contributed by atoms with Crippen molar-refractivity contribution in [2.24, 2.45) is 5.92 Å². The molecule has 0 amide bonds. The standard InChI is InChI=1S/C17H23NO/c1-4-9-18-11-14(5-2)17(19)16(12-18)15-8-6-7-13(3)10-15/h4,6-10,14,16H,5,11-12H2,1-3H3. The molecule has 1 heterocycles. The van der Waals surface area contributed by atoms with Gasteiger partial charge in [0.2, 0.25) is 0 Å². The van der Waals surface area contributed by atoms with Crippen molar-refractivity contribution in [2.75, 3.05) is 13.1 Å². The summed E-state index contributed by atoms with van der Waals surface area (Å²) in [5, 5.41) is 0. The quantitative estimate of drug-likeness (QED) is 0.825. The lowest BCUT2D eigenvalue weighted by Gasteiger charge is -2.36. The minimum Gasteiger partial charge on any atom is -0.376 e. The lowest BCUT2D eigenvalue weighted by atomic mass is 9.82. The summed E-state index contributed by atoms with van der Waals surface area (Å²) in [6, 6.07) is 8.36. The van der Waals surface area contributed by atoms with Crippen LogP contribution >= 0.6 is 0 Å². The van der Waals surface area contributed by atoms with Gasteiger partial charge in [0.1, 0.15) is 5.78 Å². The maximum Gasteiger partial charge on any atom is 0.146 e. The third-order valence-corrected chi connectivity index (χ3v) is 3.91. The Labute approximate surface area is 116 Å². The summed E-state index contributed by atoms with van der Waals surface area (Å²) in [6.45, 7) is 7.89. The second-order valence-electron chi connectivity index (χ2n) is 5.41. The van der Waals surface area contributed by atoms with Crippen molar-refractivity contribution in [3.8, 4) is 0 Å². The van der Waals surface area contributed by atoms with Gasteiger partial charge < -0.3 is 4.90 Å². The average molecular weight is 257 g/mol. The fourth-order valence-electron chi connectivity index (χ4n) is 2.88. The summed E-state index contributed by atoms with van der Waals surface area (Å²) in [7, 11) is 0. The summed E-state index contributed by atoms with van der Waals surface area (Å²) >= 11 is 0. The Balaban J connectivity index is 2.28. The molecule has 2 atom stereocenters. The van der Waals surface area contributed by atoms with Crippen LogP contribution in [-0.2, 0) is 4.79 Å². The predicted molar refractivity (Wildman–Crippen MR) is 79.1 cm³/mol. The molecule has 19 heavy (non-hydrogen) atoms. The van der Waals surface area contributed by atoms with Crippen molar-refractivity contribution in [1.82, 2.24) is 4.90 Å². The second kappa shape index (κ2) is 6.05. The predicted octanol–water partition coefficient (Wildman–Crippen LogP) is 3.52.